The summed E-state index contributed by atoms with van der Waals surface area (Å²) in [4.78, 5) is 12.9. The number of hydrogen-bond acceptors (Lipinski definition) is 3. The molecule has 0 spiro atoms. The number of hydrogen-bond donors (Lipinski definition) is 1. The Morgan fingerprint density at radius 1 is 1.00 bits per heavy atom. The lowest BCUT2D eigenvalue weighted by Gasteiger charge is -2.24. The van der Waals surface area contributed by atoms with Crippen LogP contribution in [0.2, 0.25) is 0 Å². The Labute approximate surface area is 169 Å². The lowest BCUT2D eigenvalue weighted by molar-refractivity contribution is -0.128. The molecule has 4 nitrogen and oxygen atoms in total. The van der Waals surface area contributed by atoms with Gasteiger partial charge in [0.05, 0.1) is 13.2 Å². The molecule has 0 unspecified atom stereocenters. The molecule has 152 valence electrons. The third-order valence-corrected chi connectivity index (χ3v) is 5.09. The van der Waals surface area contributed by atoms with Crippen LogP contribution in [0.3, 0.4) is 0 Å². The summed E-state index contributed by atoms with van der Waals surface area (Å²) in [5, 5.41) is 3.13. The first-order chi connectivity index (χ1) is 13.3. The van der Waals surface area contributed by atoms with Gasteiger partial charge in [0.1, 0.15) is 11.5 Å². The first kappa shape index (κ1) is 21.8. The van der Waals surface area contributed by atoms with E-state index in [1.165, 1.54) is 0 Å². The minimum Gasteiger partial charge on any atom is -0.496 e. The van der Waals surface area contributed by atoms with E-state index in [1.54, 1.807) is 7.11 Å². The number of aryl methyl sites for hydroxylation is 2. The first-order valence-electron chi connectivity index (χ1n) is 9.99. The molecule has 1 N–H and O–H groups in total. The lowest BCUT2D eigenvalue weighted by atomic mass is 9.93. The summed E-state index contributed by atoms with van der Waals surface area (Å²) in [5.74, 6) is 1.88. The molecule has 0 heterocycles. The maximum Gasteiger partial charge on any atom is 0.261 e. The Kier molecular flexibility index (Phi) is 7.50. The van der Waals surface area contributed by atoms with Gasteiger partial charge in [-0.25, -0.2) is 0 Å². The van der Waals surface area contributed by atoms with Gasteiger partial charge in [0.25, 0.3) is 5.91 Å². The summed E-state index contributed by atoms with van der Waals surface area (Å²) < 4.78 is 11.5. The highest BCUT2D eigenvalue weighted by molar-refractivity contribution is 5.81. The fourth-order valence-electron chi connectivity index (χ4n) is 3.36. The molecular formula is C24H33NO3. The van der Waals surface area contributed by atoms with Crippen LogP contribution in [0.5, 0.6) is 11.5 Å². The summed E-state index contributed by atoms with van der Waals surface area (Å²) in [5.41, 5.74) is 4.37. The average Bonchev–Trinajstić information content (AvgIpc) is 2.66. The largest absolute Gasteiger partial charge is 0.496 e. The predicted octanol–water partition coefficient (Wildman–Crippen LogP) is 5.47. The summed E-state index contributed by atoms with van der Waals surface area (Å²) in [6.45, 7) is 12.3. The fraction of sp³-hybridized carbons (Fsp3) is 0.458. The van der Waals surface area contributed by atoms with E-state index in [1.807, 2.05) is 52.0 Å². The van der Waals surface area contributed by atoms with Crippen LogP contribution in [0.4, 0.5) is 0 Å². The molecule has 4 heteroatoms. The minimum absolute atomic E-state index is 0.0976. The fourth-order valence-corrected chi connectivity index (χ4v) is 3.36. The Morgan fingerprint density at radius 2 is 1.68 bits per heavy atom. The third-order valence-electron chi connectivity index (χ3n) is 5.09. The van der Waals surface area contributed by atoms with Crippen molar-refractivity contribution in [1.82, 2.24) is 5.32 Å². The molecule has 2 aromatic carbocycles. The molecule has 0 bridgehead atoms. The number of methoxy groups -OCH3 is 1. The molecule has 0 saturated heterocycles. The normalized spacial score (nSPS) is 13.1. The van der Waals surface area contributed by atoms with E-state index >= 15 is 0 Å². The van der Waals surface area contributed by atoms with Gasteiger partial charge in [0, 0.05) is 0 Å². The molecule has 0 aliphatic heterocycles. The topological polar surface area (TPSA) is 47.6 Å². The van der Waals surface area contributed by atoms with E-state index in [4.69, 9.17) is 9.47 Å². The Morgan fingerprint density at radius 3 is 2.25 bits per heavy atom. The van der Waals surface area contributed by atoms with Gasteiger partial charge in [-0.15, -0.1) is 0 Å². The first-order valence-corrected chi connectivity index (χ1v) is 9.99. The number of carbonyl (C=O) groups is 1. The van der Waals surface area contributed by atoms with E-state index in [9.17, 15) is 4.79 Å². The van der Waals surface area contributed by atoms with Crippen molar-refractivity contribution in [2.75, 3.05) is 7.11 Å². The van der Waals surface area contributed by atoms with Crippen molar-refractivity contribution >= 4 is 5.91 Å². The zero-order chi connectivity index (χ0) is 20.8. The second-order valence-electron chi connectivity index (χ2n) is 7.62. The number of para-hydroxylation sites is 1. The van der Waals surface area contributed by atoms with Crippen LogP contribution in [0.25, 0.3) is 0 Å². The number of benzene rings is 2. The summed E-state index contributed by atoms with van der Waals surface area (Å²) >= 11 is 0. The molecule has 0 aromatic heterocycles. The quantitative estimate of drug-likeness (QED) is 0.657. The zero-order valence-corrected chi connectivity index (χ0v) is 18.1. The summed E-state index contributed by atoms with van der Waals surface area (Å²) in [7, 11) is 1.69. The van der Waals surface area contributed by atoms with Crippen LogP contribution in [0, 0.1) is 13.8 Å². The monoisotopic (exact) mass is 383 g/mol. The smallest absolute Gasteiger partial charge is 0.261 e. The van der Waals surface area contributed by atoms with Crippen molar-refractivity contribution in [3.63, 3.8) is 0 Å². The molecule has 2 rings (SSSR count). The van der Waals surface area contributed by atoms with Crippen molar-refractivity contribution in [3.05, 3.63) is 58.7 Å². The van der Waals surface area contributed by atoms with Crippen LogP contribution in [-0.4, -0.2) is 19.1 Å². The molecule has 0 saturated carbocycles. The van der Waals surface area contributed by atoms with Crippen molar-refractivity contribution < 1.29 is 14.3 Å². The summed E-state index contributed by atoms with van der Waals surface area (Å²) in [6, 6.07) is 11.8. The standard InChI is InChI=1S/C24H33NO3/c1-8-21(28-22-12-10-9-11-16(22)4)24(26)25-18(6)20-14-19(15(2)3)23(27-7)13-17(20)5/h9-15,18,21H,8H2,1-7H3,(H,25,26)/t18-,21-/m0/s1. The molecule has 1 amide bonds. The molecule has 2 atom stereocenters. The summed E-state index contributed by atoms with van der Waals surface area (Å²) in [6.07, 6.45) is 0.0813. The van der Waals surface area contributed by atoms with Crippen LogP contribution in [0.15, 0.2) is 36.4 Å². The van der Waals surface area contributed by atoms with Crippen molar-refractivity contribution in [3.8, 4) is 11.5 Å². The third kappa shape index (κ3) is 5.06. The lowest BCUT2D eigenvalue weighted by Crippen LogP contribution is -2.39. The average molecular weight is 384 g/mol. The molecule has 0 aliphatic rings. The zero-order valence-electron chi connectivity index (χ0n) is 18.1. The van der Waals surface area contributed by atoms with E-state index < -0.39 is 6.10 Å². The van der Waals surface area contributed by atoms with Gasteiger partial charge in [-0.05, 0) is 73.6 Å². The van der Waals surface area contributed by atoms with Crippen LogP contribution in [0.1, 0.15) is 68.3 Å². The van der Waals surface area contributed by atoms with E-state index in [-0.39, 0.29) is 11.9 Å². The van der Waals surface area contributed by atoms with E-state index in [0.29, 0.717) is 12.3 Å². The van der Waals surface area contributed by atoms with Gasteiger partial charge in [-0.1, -0.05) is 39.0 Å². The van der Waals surface area contributed by atoms with Gasteiger partial charge in [-0.2, -0.15) is 0 Å². The minimum atomic E-state index is -0.522. The maximum atomic E-state index is 12.9. The molecular weight excluding hydrogens is 350 g/mol. The Bertz CT molecular complexity index is 813. The van der Waals surface area contributed by atoms with Crippen molar-refractivity contribution in [2.45, 2.75) is 66.0 Å². The maximum absolute atomic E-state index is 12.9. The van der Waals surface area contributed by atoms with Crippen molar-refractivity contribution in [1.29, 1.82) is 0 Å². The van der Waals surface area contributed by atoms with Crippen LogP contribution >= 0.6 is 0 Å². The highest BCUT2D eigenvalue weighted by Crippen LogP contribution is 2.32. The van der Waals surface area contributed by atoms with E-state index in [2.05, 4.69) is 31.3 Å². The molecule has 28 heavy (non-hydrogen) atoms. The number of nitrogens with one attached hydrogen (secondary N) is 1. The molecule has 0 fully saturated rings. The second kappa shape index (κ2) is 9.63. The molecule has 2 aromatic rings. The SMILES string of the molecule is CC[C@H](Oc1ccccc1C)C(=O)N[C@@H](C)c1cc(C(C)C)c(OC)cc1C. The number of ether oxygens (including phenoxy) is 2. The number of rotatable bonds is 8. The van der Waals surface area contributed by atoms with Gasteiger partial charge >= 0.3 is 0 Å². The van der Waals surface area contributed by atoms with Gasteiger partial charge in [0.2, 0.25) is 0 Å². The number of amides is 1. The highest BCUT2D eigenvalue weighted by Gasteiger charge is 2.23. The van der Waals surface area contributed by atoms with Gasteiger partial charge in [0.15, 0.2) is 6.10 Å². The van der Waals surface area contributed by atoms with Crippen molar-refractivity contribution in [2.24, 2.45) is 0 Å². The number of carbonyl (C=O) groups excluding carboxylic acids is 1. The van der Waals surface area contributed by atoms with Crippen LogP contribution < -0.4 is 14.8 Å². The predicted molar refractivity (Wildman–Crippen MR) is 114 cm³/mol. The van der Waals surface area contributed by atoms with Gasteiger partial charge < -0.3 is 14.8 Å². The molecule has 0 aliphatic carbocycles. The Balaban J connectivity index is 2.18. The highest BCUT2D eigenvalue weighted by atomic mass is 16.5. The second-order valence-corrected chi connectivity index (χ2v) is 7.62. The van der Waals surface area contributed by atoms with Gasteiger partial charge in [-0.3, -0.25) is 4.79 Å². The molecule has 0 radical (unpaired) electrons. The van der Waals surface area contributed by atoms with Crippen LogP contribution in [-0.2, 0) is 4.79 Å². The van der Waals surface area contributed by atoms with E-state index in [0.717, 1.165) is 33.8 Å². The Hall–Kier alpha value is -2.49.